The van der Waals surface area contributed by atoms with Crippen LogP contribution in [0.5, 0.6) is 5.75 Å². The first kappa shape index (κ1) is 29.0. The summed E-state index contributed by atoms with van der Waals surface area (Å²) in [5.74, 6) is 0.496. The molecule has 1 aromatic carbocycles. The molecule has 2 aliphatic heterocycles. The normalized spacial score (nSPS) is 15.8. The van der Waals surface area contributed by atoms with Crippen molar-refractivity contribution in [3.05, 3.63) is 56.3 Å². The summed E-state index contributed by atoms with van der Waals surface area (Å²) in [6, 6.07) is 9.89. The molecule has 0 unspecified atom stereocenters. The number of hydrogen-bond donors (Lipinski definition) is 2. The number of halogens is 2. The number of benzene rings is 1. The highest BCUT2D eigenvalue weighted by Gasteiger charge is 2.18. The maximum absolute atomic E-state index is 9.74. The highest BCUT2D eigenvalue weighted by Crippen LogP contribution is 2.42. The molecule has 0 atom stereocenters. The number of nitrogens with one attached hydrogen (secondary N) is 2. The highest BCUT2D eigenvalue weighted by molar-refractivity contribution is 7.23. The Morgan fingerprint density at radius 1 is 1.10 bits per heavy atom. The minimum Gasteiger partial charge on any atom is -0.495 e. The third kappa shape index (κ3) is 7.05. The standard InChI is InChI=1S/C24H20Cl2N4O2S2.C4H9NO/c1-31-21-8-19(17(25)7-18(21)26)29-23-15(10-27)11-28-20-9-22(34-24(20)23)14-6-16(33-13-14)12-30-2-4-32-5-3-30;1-3-6-4-2-5-1/h6-9,11,13H,2-5,12H2,1H3,(H,28,29);5H,1-4H2. The number of nitrogens with zero attached hydrogens (tertiary/aromatic N) is 3. The average molecular weight is 619 g/mol. The van der Waals surface area contributed by atoms with Crippen LogP contribution in [0.3, 0.4) is 0 Å². The van der Waals surface area contributed by atoms with Crippen molar-refractivity contribution < 1.29 is 14.2 Å². The summed E-state index contributed by atoms with van der Waals surface area (Å²) in [5, 5.41) is 19.3. The Labute approximate surface area is 251 Å². The third-order valence-corrected chi connectivity index (χ3v) is 9.15. The minimum absolute atomic E-state index is 0.419. The van der Waals surface area contributed by atoms with Gasteiger partial charge in [-0.15, -0.1) is 22.7 Å². The molecule has 6 rings (SSSR count). The van der Waals surface area contributed by atoms with Gasteiger partial charge in [-0.1, -0.05) is 23.2 Å². The molecule has 2 N–H and O–H groups in total. The lowest BCUT2D eigenvalue weighted by Crippen LogP contribution is -2.35. The molecule has 40 heavy (non-hydrogen) atoms. The Kier molecular flexibility index (Phi) is 10.1. The summed E-state index contributed by atoms with van der Waals surface area (Å²) in [4.78, 5) is 9.35. The Morgan fingerprint density at radius 2 is 1.88 bits per heavy atom. The summed E-state index contributed by atoms with van der Waals surface area (Å²) < 4.78 is 16.7. The molecule has 2 saturated heterocycles. The second-order valence-corrected chi connectivity index (χ2v) is 12.0. The Hall–Kier alpha value is -2.46. The van der Waals surface area contributed by atoms with Gasteiger partial charge in [0.2, 0.25) is 0 Å². The molecule has 0 amide bonds. The molecule has 0 radical (unpaired) electrons. The zero-order valence-corrected chi connectivity index (χ0v) is 25.1. The Balaban J connectivity index is 0.000000477. The van der Waals surface area contributed by atoms with E-state index in [0.717, 1.165) is 79.8 Å². The number of morpholine rings is 2. The monoisotopic (exact) mass is 617 g/mol. The third-order valence-electron chi connectivity index (χ3n) is 6.43. The molecule has 12 heteroatoms. The van der Waals surface area contributed by atoms with E-state index in [1.54, 1.807) is 48.1 Å². The van der Waals surface area contributed by atoms with Gasteiger partial charge < -0.3 is 24.8 Å². The first-order valence-corrected chi connectivity index (χ1v) is 15.3. The summed E-state index contributed by atoms with van der Waals surface area (Å²) >= 11 is 16.0. The zero-order chi connectivity index (χ0) is 27.9. The van der Waals surface area contributed by atoms with E-state index in [-0.39, 0.29) is 0 Å². The largest absolute Gasteiger partial charge is 0.495 e. The molecule has 0 spiro atoms. The van der Waals surface area contributed by atoms with E-state index in [2.05, 4.69) is 44.1 Å². The Morgan fingerprint density at radius 3 is 2.55 bits per heavy atom. The fraction of sp³-hybridized carbons (Fsp3) is 0.357. The molecule has 0 saturated carbocycles. The molecule has 210 valence electrons. The van der Waals surface area contributed by atoms with Gasteiger partial charge in [-0.3, -0.25) is 9.88 Å². The van der Waals surface area contributed by atoms with E-state index in [1.807, 2.05) is 0 Å². The lowest BCUT2D eigenvalue weighted by molar-refractivity contribution is 0.0346. The SMILES string of the molecule is C1COCCN1.COc1cc(Nc2c(C#N)cnc3cc(-c4csc(CN5CCOCC5)c4)sc23)c(Cl)cc1Cl. The van der Waals surface area contributed by atoms with Gasteiger partial charge in [0.25, 0.3) is 0 Å². The van der Waals surface area contributed by atoms with E-state index in [4.69, 9.17) is 37.4 Å². The van der Waals surface area contributed by atoms with Gasteiger partial charge in [-0.2, -0.15) is 5.26 Å². The van der Waals surface area contributed by atoms with Gasteiger partial charge in [0, 0.05) is 60.3 Å². The minimum atomic E-state index is 0.419. The number of anilines is 2. The van der Waals surface area contributed by atoms with Gasteiger partial charge in [0.1, 0.15) is 11.8 Å². The van der Waals surface area contributed by atoms with Crippen molar-refractivity contribution in [3.63, 3.8) is 0 Å². The quantitative estimate of drug-likeness (QED) is 0.257. The fourth-order valence-corrected chi connectivity index (χ4v) is 6.95. The Bertz CT molecular complexity index is 1480. The smallest absolute Gasteiger partial charge is 0.139 e. The van der Waals surface area contributed by atoms with Crippen molar-refractivity contribution >= 4 is 67.5 Å². The molecule has 2 aliphatic rings. The average Bonchev–Trinajstić information content (AvgIpc) is 3.64. The lowest BCUT2D eigenvalue weighted by atomic mass is 10.2. The molecule has 5 heterocycles. The van der Waals surface area contributed by atoms with E-state index >= 15 is 0 Å². The molecule has 0 bridgehead atoms. The predicted molar refractivity (Wildman–Crippen MR) is 164 cm³/mol. The highest BCUT2D eigenvalue weighted by atomic mass is 35.5. The molecule has 8 nitrogen and oxygen atoms in total. The molecule has 0 aliphatic carbocycles. The van der Waals surface area contributed by atoms with Crippen molar-refractivity contribution in [2.24, 2.45) is 0 Å². The summed E-state index contributed by atoms with van der Waals surface area (Å²) in [6.45, 7) is 8.27. The van der Waals surface area contributed by atoms with Crippen molar-refractivity contribution in [1.82, 2.24) is 15.2 Å². The topological polar surface area (TPSA) is 91.7 Å². The van der Waals surface area contributed by atoms with Gasteiger partial charge in [0.15, 0.2) is 0 Å². The van der Waals surface area contributed by atoms with Gasteiger partial charge in [-0.25, -0.2) is 0 Å². The number of nitriles is 1. The van der Waals surface area contributed by atoms with Gasteiger partial charge in [0.05, 0.1) is 70.7 Å². The van der Waals surface area contributed by atoms with Crippen LogP contribution in [0, 0.1) is 11.3 Å². The number of fused-ring (bicyclic) bond motifs is 1. The van der Waals surface area contributed by atoms with Crippen LogP contribution in [-0.4, -0.2) is 69.6 Å². The number of rotatable bonds is 6. The van der Waals surface area contributed by atoms with Crippen LogP contribution in [0.4, 0.5) is 11.4 Å². The number of thiophene rings is 2. The summed E-state index contributed by atoms with van der Waals surface area (Å²) in [7, 11) is 1.55. The van der Waals surface area contributed by atoms with Crippen molar-refractivity contribution in [1.29, 1.82) is 5.26 Å². The van der Waals surface area contributed by atoms with Crippen LogP contribution >= 0.6 is 45.9 Å². The van der Waals surface area contributed by atoms with E-state index in [1.165, 1.54) is 4.88 Å². The molecule has 2 fully saturated rings. The molecule has 3 aromatic heterocycles. The second-order valence-electron chi connectivity index (χ2n) is 9.13. The summed E-state index contributed by atoms with van der Waals surface area (Å²) in [6.07, 6.45) is 1.58. The van der Waals surface area contributed by atoms with Crippen LogP contribution < -0.4 is 15.4 Å². The molecular formula is C28H29Cl2N5O3S2. The maximum Gasteiger partial charge on any atom is 0.139 e. The van der Waals surface area contributed by atoms with Gasteiger partial charge in [-0.05, 0) is 23.6 Å². The van der Waals surface area contributed by atoms with Crippen molar-refractivity contribution in [3.8, 4) is 22.3 Å². The van der Waals surface area contributed by atoms with Crippen molar-refractivity contribution in [2.75, 3.05) is 65.0 Å². The lowest BCUT2D eigenvalue weighted by Gasteiger charge is -2.25. The summed E-state index contributed by atoms with van der Waals surface area (Å²) in [5.41, 5.74) is 3.68. The molecular weight excluding hydrogens is 589 g/mol. The number of ether oxygens (including phenoxy) is 3. The van der Waals surface area contributed by atoms with Crippen LogP contribution in [-0.2, 0) is 16.0 Å². The number of pyridine rings is 1. The number of hydrogen-bond acceptors (Lipinski definition) is 10. The van der Waals surface area contributed by atoms with E-state index in [9.17, 15) is 5.26 Å². The fourth-order valence-electron chi connectivity index (χ4n) is 4.33. The number of methoxy groups -OCH3 is 1. The zero-order valence-electron chi connectivity index (χ0n) is 22.0. The van der Waals surface area contributed by atoms with E-state index < -0.39 is 0 Å². The van der Waals surface area contributed by atoms with Crippen LogP contribution in [0.2, 0.25) is 10.0 Å². The second kappa shape index (κ2) is 13.9. The first-order chi connectivity index (χ1) is 19.6. The van der Waals surface area contributed by atoms with Gasteiger partial charge >= 0.3 is 0 Å². The van der Waals surface area contributed by atoms with E-state index in [0.29, 0.717) is 32.7 Å². The first-order valence-electron chi connectivity index (χ1n) is 12.8. The van der Waals surface area contributed by atoms with Crippen molar-refractivity contribution in [2.45, 2.75) is 6.54 Å². The van der Waals surface area contributed by atoms with Crippen LogP contribution in [0.25, 0.3) is 20.7 Å². The maximum atomic E-state index is 9.74. The molecule has 4 aromatic rings. The number of aromatic nitrogens is 1. The van der Waals surface area contributed by atoms with Crippen LogP contribution in [0.15, 0.2) is 35.8 Å². The predicted octanol–water partition coefficient (Wildman–Crippen LogP) is 6.39. The van der Waals surface area contributed by atoms with Crippen LogP contribution in [0.1, 0.15) is 10.4 Å².